The fourth-order valence-corrected chi connectivity index (χ4v) is 5.36. The summed E-state index contributed by atoms with van der Waals surface area (Å²) in [6.07, 6.45) is -0.720. The number of halogens is 1. The number of esters is 1. The third-order valence-corrected chi connectivity index (χ3v) is 6.89. The highest BCUT2D eigenvalue weighted by Crippen LogP contribution is 2.41. The molecule has 0 saturated carbocycles. The Labute approximate surface area is 224 Å². The predicted molar refractivity (Wildman–Crippen MR) is 133 cm³/mol. The molecular formula is C21H23ClN4O9S2. The molecule has 200 valence electrons. The van der Waals surface area contributed by atoms with Gasteiger partial charge in [-0.1, -0.05) is 11.6 Å². The van der Waals surface area contributed by atoms with Crippen LogP contribution in [0.4, 0.5) is 9.93 Å². The molecule has 1 saturated heterocycles. The molecule has 3 amide bonds. The van der Waals surface area contributed by atoms with Crippen molar-refractivity contribution in [3.63, 3.8) is 0 Å². The number of rotatable bonds is 8. The van der Waals surface area contributed by atoms with Crippen LogP contribution in [0, 0.1) is 0 Å². The molecule has 2 atom stereocenters. The average Bonchev–Trinajstić information content (AvgIpc) is 3.23. The second kappa shape index (κ2) is 11.4. The lowest BCUT2D eigenvalue weighted by Crippen LogP contribution is -2.70. The highest BCUT2D eigenvalue weighted by molar-refractivity contribution is 8.00. The second-order valence-electron chi connectivity index (χ2n) is 8.52. The summed E-state index contributed by atoms with van der Waals surface area (Å²) in [6.45, 7) is 5.78. The van der Waals surface area contributed by atoms with Crippen LogP contribution < -0.4 is 10.6 Å². The summed E-state index contributed by atoms with van der Waals surface area (Å²) in [7, 11) is 0. The number of carbonyl (C=O) groups is 5. The minimum absolute atomic E-state index is 0.0399. The lowest BCUT2D eigenvalue weighted by atomic mass is 10.0. The van der Waals surface area contributed by atoms with Gasteiger partial charge in [0.2, 0.25) is 6.79 Å². The monoisotopic (exact) mass is 574 g/mol. The molecule has 3 heterocycles. The summed E-state index contributed by atoms with van der Waals surface area (Å²) in [5, 5.41) is 15.6. The normalized spacial score (nSPS) is 19.4. The van der Waals surface area contributed by atoms with Crippen molar-refractivity contribution in [3.05, 3.63) is 28.1 Å². The number of carbonyl (C=O) groups excluding carboxylic acids is 4. The Morgan fingerprint density at radius 1 is 1.32 bits per heavy atom. The topological polar surface area (TPSA) is 173 Å². The summed E-state index contributed by atoms with van der Waals surface area (Å²) in [4.78, 5) is 65.6. The fourth-order valence-electron chi connectivity index (χ4n) is 3.17. The smallest absolute Gasteiger partial charge is 0.413 e. The lowest BCUT2D eigenvalue weighted by Gasteiger charge is -2.48. The number of thiazole rings is 1. The van der Waals surface area contributed by atoms with E-state index in [-0.39, 0.29) is 27.9 Å². The van der Waals surface area contributed by atoms with Crippen LogP contribution in [0.3, 0.4) is 0 Å². The molecule has 37 heavy (non-hydrogen) atoms. The summed E-state index contributed by atoms with van der Waals surface area (Å²) in [5.74, 6) is -3.39. The van der Waals surface area contributed by atoms with E-state index in [9.17, 15) is 29.1 Å². The molecular weight excluding hydrogens is 552 g/mol. The molecule has 1 aromatic rings. The van der Waals surface area contributed by atoms with E-state index in [0.29, 0.717) is 0 Å². The van der Waals surface area contributed by atoms with Gasteiger partial charge < -0.3 is 24.6 Å². The maximum absolute atomic E-state index is 12.9. The SMILES string of the molecule is CC(=O)OCOC1=C(C(=O)O)N2C(=O)C(NC(=O)C(=CCl)c3csc(NC(=O)OC(C)(C)C)n3)[C@@H]2SC1. The van der Waals surface area contributed by atoms with Crippen molar-refractivity contribution in [2.24, 2.45) is 0 Å². The molecule has 1 unspecified atom stereocenters. The molecule has 0 radical (unpaired) electrons. The van der Waals surface area contributed by atoms with Gasteiger partial charge in [-0.3, -0.25) is 24.6 Å². The standard InChI is InChI=1S/C21H23ClN4O9S2/c1-9(27)33-8-34-12-7-36-17-13(16(29)26(17)14(12)18(30)31)24-15(28)10(5-22)11-6-37-19(23-11)25-20(32)35-21(2,3)4/h5-6,13,17H,7-8H2,1-4H3,(H,24,28)(H,30,31)(H,23,25,32)/t13?,17-/m0/s1. The number of fused-ring (bicyclic) bond motifs is 1. The minimum atomic E-state index is -1.41. The zero-order chi connectivity index (χ0) is 27.5. The van der Waals surface area contributed by atoms with E-state index in [4.69, 9.17) is 21.1 Å². The van der Waals surface area contributed by atoms with Crippen LogP contribution in [0.25, 0.3) is 5.57 Å². The minimum Gasteiger partial charge on any atom is -0.476 e. The number of aromatic nitrogens is 1. The van der Waals surface area contributed by atoms with Crippen molar-refractivity contribution in [1.82, 2.24) is 15.2 Å². The molecule has 1 aromatic heterocycles. The van der Waals surface area contributed by atoms with E-state index < -0.39 is 59.4 Å². The number of carboxylic acids is 1. The molecule has 16 heteroatoms. The highest BCUT2D eigenvalue weighted by Gasteiger charge is 2.55. The Bertz CT molecular complexity index is 1190. The first-order valence-electron chi connectivity index (χ1n) is 10.6. The van der Waals surface area contributed by atoms with Crippen molar-refractivity contribution in [2.75, 3.05) is 17.9 Å². The first-order valence-corrected chi connectivity index (χ1v) is 12.9. The van der Waals surface area contributed by atoms with E-state index >= 15 is 0 Å². The summed E-state index contributed by atoms with van der Waals surface area (Å²) >= 11 is 8.06. The van der Waals surface area contributed by atoms with E-state index in [0.717, 1.165) is 33.5 Å². The molecule has 0 aliphatic carbocycles. The number of nitrogens with one attached hydrogen (secondary N) is 2. The highest BCUT2D eigenvalue weighted by atomic mass is 35.5. The molecule has 2 aliphatic heterocycles. The van der Waals surface area contributed by atoms with Crippen LogP contribution in [0.15, 0.2) is 22.4 Å². The van der Waals surface area contributed by atoms with Crippen LogP contribution in [0.1, 0.15) is 33.4 Å². The number of thioether (sulfide) groups is 1. The van der Waals surface area contributed by atoms with E-state index in [1.54, 1.807) is 20.8 Å². The van der Waals surface area contributed by atoms with Crippen molar-refractivity contribution in [3.8, 4) is 0 Å². The summed E-state index contributed by atoms with van der Waals surface area (Å²) < 4.78 is 15.1. The summed E-state index contributed by atoms with van der Waals surface area (Å²) in [5.41, 5.74) is -0.0365. The van der Waals surface area contributed by atoms with Crippen LogP contribution in [0.5, 0.6) is 0 Å². The number of hydrogen-bond donors (Lipinski definition) is 3. The Morgan fingerprint density at radius 3 is 2.62 bits per heavy atom. The van der Waals surface area contributed by atoms with Gasteiger partial charge in [-0.15, -0.1) is 23.1 Å². The molecule has 0 bridgehead atoms. The number of amides is 3. The van der Waals surface area contributed by atoms with Crippen molar-refractivity contribution >= 4 is 75.3 Å². The third kappa shape index (κ3) is 6.72. The van der Waals surface area contributed by atoms with Gasteiger partial charge in [-0.25, -0.2) is 14.6 Å². The van der Waals surface area contributed by atoms with Gasteiger partial charge in [0.25, 0.3) is 11.8 Å². The van der Waals surface area contributed by atoms with Gasteiger partial charge in [-0.05, 0) is 20.8 Å². The first kappa shape index (κ1) is 28.3. The number of carboxylic acid groups (broad SMARTS) is 1. The van der Waals surface area contributed by atoms with Gasteiger partial charge in [0.05, 0.1) is 17.0 Å². The lowest BCUT2D eigenvalue weighted by molar-refractivity contribution is -0.153. The zero-order valence-corrected chi connectivity index (χ0v) is 22.4. The van der Waals surface area contributed by atoms with E-state index in [2.05, 4.69) is 20.4 Å². The van der Waals surface area contributed by atoms with E-state index in [1.165, 1.54) is 12.3 Å². The molecule has 2 aliphatic rings. The fraction of sp³-hybridized carbons (Fsp3) is 0.429. The Morgan fingerprint density at radius 2 is 2.03 bits per heavy atom. The molecule has 3 rings (SSSR count). The van der Waals surface area contributed by atoms with E-state index in [1.807, 2.05) is 0 Å². The maximum atomic E-state index is 12.9. The molecule has 13 nitrogen and oxygen atoms in total. The van der Waals surface area contributed by atoms with Gasteiger partial charge in [0.15, 0.2) is 10.8 Å². The van der Waals surface area contributed by atoms with Crippen molar-refractivity contribution < 1.29 is 43.3 Å². The number of nitrogens with zero attached hydrogens (tertiary/aromatic N) is 2. The molecule has 3 N–H and O–H groups in total. The van der Waals surface area contributed by atoms with Crippen LogP contribution in [-0.2, 0) is 33.4 Å². The van der Waals surface area contributed by atoms with Crippen molar-refractivity contribution in [1.29, 1.82) is 0 Å². The number of hydrogen-bond acceptors (Lipinski definition) is 11. The van der Waals surface area contributed by atoms with Crippen LogP contribution >= 0.6 is 34.7 Å². The molecule has 0 spiro atoms. The zero-order valence-electron chi connectivity index (χ0n) is 20.0. The number of ether oxygens (including phenoxy) is 3. The molecule has 0 aromatic carbocycles. The predicted octanol–water partition coefficient (Wildman–Crippen LogP) is 2.30. The maximum Gasteiger partial charge on any atom is 0.413 e. The number of anilines is 1. The van der Waals surface area contributed by atoms with Gasteiger partial charge in [0.1, 0.15) is 22.8 Å². The second-order valence-corrected chi connectivity index (χ2v) is 10.7. The number of β-lactam (4-membered cyclic amide) rings is 1. The van der Waals surface area contributed by atoms with Crippen molar-refractivity contribution in [2.45, 2.75) is 44.7 Å². The summed E-state index contributed by atoms with van der Waals surface area (Å²) in [6, 6.07) is -1.04. The van der Waals surface area contributed by atoms with Crippen LogP contribution in [-0.4, -0.2) is 74.4 Å². The van der Waals surface area contributed by atoms with Gasteiger partial charge >= 0.3 is 18.0 Å². The first-order chi connectivity index (χ1) is 17.3. The van der Waals surface area contributed by atoms with Gasteiger partial charge in [-0.2, -0.15) is 0 Å². The van der Waals surface area contributed by atoms with Crippen LogP contribution in [0.2, 0.25) is 0 Å². The Kier molecular flexibility index (Phi) is 8.71. The Balaban J connectivity index is 1.67. The third-order valence-electron chi connectivity index (χ3n) is 4.66. The quantitative estimate of drug-likeness (QED) is 0.180. The number of aliphatic carboxylic acids is 1. The Hall–Kier alpha value is -3.30. The molecule has 1 fully saturated rings. The van der Waals surface area contributed by atoms with Gasteiger partial charge in [0, 0.05) is 17.8 Å². The average molecular weight is 575 g/mol. The largest absolute Gasteiger partial charge is 0.476 e.